The lowest BCUT2D eigenvalue weighted by atomic mass is 9.83. The van der Waals surface area contributed by atoms with Crippen LogP contribution in [0.4, 0.5) is 0 Å². The Balaban J connectivity index is 4.45. The van der Waals surface area contributed by atoms with Gasteiger partial charge >= 0.3 is 0 Å². The van der Waals surface area contributed by atoms with E-state index in [-0.39, 0.29) is 10.7 Å². The lowest BCUT2D eigenvalue weighted by Gasteiger charge is -2.30. The van der Waals surface area contributed by atoms with E-state index in [9.17, 15) is 8.42 Å². The number of sulfone groups is 1. The monoisotopic (exact) mass is 291 g/mol. The molecular formula is C15H33NO2S. The molecule has 4 heteroatoms. The summed E-state index contributed by atoms with van der Waals surface area (Å²) in [6.07, 6.45) is 2.93. The third kappa shape index (κ3) is 7.93. The summed E-state index contributed by atoms with van der Waals surface area (Å²) in [7, 11) is -2.92. The zero-order valence-corrected chi connectivity index (χ0v) is 14.4. The van der Waals surface area contributed by atoms with E-state index in [2.05, 4.69) is 33.0 Å². The largest absolute Gasteiger partial charge is 0.316 e. The van der Waals surface area contributed by atoms with E-state index in [0.717, 1.165) is 32.4 Å². The Kier molecular flexibility index (Phi) is 8.21. The van der Waals surface area contributed by atoms with Gasteiger partial charge in [-0.25, -0.2) is 8.42 Å². The van der Waals surface area contributed by atoms with Crippen LogP contribution in [0.15, 0.2) is 0 Å². The van der Waals surface area contributed by atoms with Crippen molar-refractivity contribution < 1.29 is 8.42 Å². The van der Waals surface area contributed by atoms with Crippen molar-refractivity contribution in [3.8, 4) is 0 Å². The van der Waals surface area contributed by atoms with Gasteiger partial charge in [0, 0.05) is 6.54 Å². The van der Waals surface area contributed by atoms with E-state index in [1.165, 1.54) is 0 Å². The van der Waals surface area contributed by atoms with Crippen molar-refractivity contribution in [2.45, 2.75) is 66.1 Å². The second-order valence-electron chi connectivity index (χ2n) is 6.75. The summed E-state index contributed by atoms with van der Waals surface area (Å²) in [5.74, 6) is 0.940. The fourth-order valence-electron chi connectivity index (χ4n) is 2.19. The molecule has 0 amide bonds. The standard InChI is InChI=1S/C15H33NO2S/c1-7-8-15(6,12-16-11-13(2)3)9-10-19(17,18)14(4)5/h13-14,16H,7-12H2,1-6H3. The first kappa shape index (κ1) is 18.9. The van der Waals surface area contributed by atoms with Crippen LogP contribution in [-0.2, 0) is 9.84 Å². The summed E-state index contributed by atoms with van der Waals surface area (Å²) in [4.78, 5) is 0. The Bertz CT molecular complexity index is 336. The molecule has 0 aromatic rings. The van der Waals surface area contributed by atoms with Gasteiger partial charge in [0.2, 0.25) is 0 Å². The average molecular weight is 292 g/mol. The molecule has 1 atom stereocenters. The zero-order chi connectivity index (χ0) is 15.1. The number of nitrogens with one attached hydrogen (secondary N) is 1. The minimum absolute atomic E-state index is 0.0889. The minimum atomic E-state index is -2.92. The molecule has 0 aromatic carbocycles. The smallest absolute Gasteiger partial charge is 0.152 e. The van der Waals surface area contributed by atoms with Gasteiger partial charge in [0.05, 0.1) is 11.0 Å². The first-order valence-electron chi connectivity index (χ1n) is 7.55. The van der Waals surface area contributed by atoms with Gasteiger partial charge in [-0.15, -0.1) is 0 Å². The number of hydrogen-bond donors (Lipinski definition) is 1. The summed E-state index contributed by atoms with van der Waals surface area (Å²) in [5.41, 5.74) is 0.0889. The highest BCUT2D eigenvalue weighted by molar-refractivity contribution is 7.91. The van der Waals surface area contributed by atoms with Crippen LogP contribution in [0.25, 0.3) is 0 Å². The fraction of sp³-hybridized carbons (Fsp3) is 1.00. The summed E-state index contributed by atoms with van der Waals surface area (Å²) < 4.78 is 23.9. The van der Waals surface area contributed by atoms with Crippen LogP contribution in [0.1, 0.15) is 60.8 Å². The van der Waals surface area contributed by atoms with Crippen LogP contribution in [0.2, 0.25) is 0 Å². The molecular weight excluding hydrogens is 258 g/mol. The van der Waals surface area contributed by atoms with Crippen LogP contribution in [0.5, 0.6) is 0 Å². The maximum atomic E-state index is 11.9. The molecule has 0 spiro atoms. The molecule has 0 radical (unpaired) electrons. The van der Waals surface area contributed by atoms with E-state index in [1.54, 1.807) is 13.8 Å². The predicted molar refractivity (Wildman–Crippen MR) is 84.3 cm³/mol. The van der Waals surface area contributed by atoms with E-state index in [0.29, 0.717) is 11.7 Å². The molecule has 0 rings (SSSR count). The second kappa shape index (κ2) is 8.25. The van der Waals surface area contributed by atoms with Gasteiger partial charge in [-0.2, -0.15) is 0 Å². The molecule has 1 unspecified atom stereocenters. The summed E-state index contributed by atoms with van der Waals surface area (Å²) in [6.45, 7) is 14.2. The predicted octanol–water partition coefficient (Wildman–Crippen LogP) is 3.25. The van der Waals surface area contributed by atoms with E-state index < -0.39 is 9.84 Å². The molecule has 0 aliphatic heterocycles. The average Bonchev–Trinajstić information content (AvgIpc) is 2.26. The quantitative estimate of drug-likeness (QED) is 0.672. The summed E-state index contributed by atoms with van der Waals surface area (Å²) in [5, 5.41) is 3.22. The third-order valence-electron chi connectivity index (χ3n) is 3.67. The molecule has 1 N–H and O–H groups in total. The van der Waals surface area contributed by atoms with Gasteiger partial charge in [-0.3, -0.25) is 0 Å². The summed E-state index contributed by atoms with van der Waals surface area (Å²) in [6, 6.07) is 0. The first-order valence-corrected chi connectivity index (χ1v) is 9.27. The second-order valence-corrected chi connectivity index (χ2v) is 9.43. The van der Waals surface area contributed by atoms with E-state index in [4.69, 9.17) is 0 Å². The molecule has 0 heterocycles. The maximum Gasteiger partial charge on any atom is 0.152 e. The van der Waals surface area contributed by atoms with Crippen LogP contribution >= 0.6 is 0 Å². The molecule has 116 valence electrons. The van der Waals surface area contributed by atoms with Crippen molar-refractivity contribution in [3.05, 3.63) is 0 Å². The molecule has 0 aliphatic rings. The van der Waals surface area contributed by atoms with Gasteiger partial charge in [-0.1, -0.05) is 34.1 Å². The van der Waals surface area contributed by atoms with E-state index >= 15 is 0 Å². The molecule has 19 heavy (non-hydrogen) atoms. The van der Waals surface area contributed by atoms with Gasteiger partial charge in [0.15, 0.2) is 9.84 Å². The molecule has 3 nitrogen and oxygen atoms in total. The van der Waals surface area contributed by atoms with Crippen molar-refractivity contribution in [2.75, 3.05) is 18.8 Å². The zero-order valence-electron chi connectivity index (χ0n) is 13.6. The molecule has 0 aromatic heterocycles. The van der Waals surface area contributed by atoms with Crippen LogP contribution in [0, 0.1) is 11.3 Å². The maximum absolute atomic E-state index is 11.9. The molecule has 0 bridgehead atoms. The SMILES string of the molecule is CCCC(C)(CCS(=O)(=O)C(C)C)CNCC(C)C. The van der Waals surface area contributed by atoms with Crippen molar-refractivity contribution in [1.82, 2.24) is 5.32 Å². The Morgan fingerprint density at radius 1 is 1.11 bits per heavy atom. The van der Waals surface area contributed by atoms with E-state index in [1.807, 2.05) is 0 Å². The van der Waals surface area contributed by atoms with Gasteiger partial charge in [-0.05, 0) is 44.6 Å². The van der Waals surface area contributed by atoms with Crippen molar-refractivity contribution in [2.24, 2.45) is 11.3 Å². The van der Waals surface area contributed by atoms with Crippen molar-refractivity contribution >= 4 is 9.84 Å². The molecule has 0 fully saturated rings. The minimum Gasteiger partial charge on any atom is -0.316 e. The van der Waals surface area contributed by atoms with Crippen LogP contribution in [0.3, 0.4) is 0 Å². The highest BCUT2D eigenvalue weighted by Gasteiger charge is 2.27. The molecule has 0 saturated heterocycles. The van der Waals surface area contributed by atoms with Crippen LogP contribution in [-0.4, -0.2) is 32.5 Å². The van der Waals surface area contributed by atoms with Gasteiger partial charge < -0.3 is 5.32 Å². The number of hydrogen-bond acceptors (Lipinski definition) is 3. The third-order valence-corrected chi connectivity index (χ3v) is 5.88. The van der Waals surface area contributed by atoms with Crippen molar-refractivity contribution in [1.29, 1.82) is 0 Å². The molecule has 0 saturated carbocycles. The molecule has 0 aliphatic carbocycles. The lowest BCUT2D eigenvalue weighted by molar-refractivity contribution is 0.263. The normalized spacial score (nSPS) is 16.0. The summed E-state index contributed by atoms with van der Waals surface area (Å²) >= 11 is 0. The highest BCUT2D eigenvalue weighted by atomic mass is 32.2. The van der Waals surface area contributed by atoms with Crippen molar-refractivity contribution in [3.63, 3.8) is 0 Å². The topological polar surface area (TPSA) is 46.2 Å². The van der Waals surface area contributed by atoms with Crippen LogP contribution < -0.4 is 5.32 Å². The Hall–Kier alpha value is -0.0900. The first-order chi connectivity index (χ1) is 8.63. The van der Waals surface area contributed by atoms with Gasteiger partial charge in [0.25, 0.3) is 0 Å². The number of rotatable bonds is 10. The lowest BCUT2D eigenvalue weighted by Crippen LogP contribution is -2.36. The fourth-order valence-corrected chi connectivity index (χ4v) is 3.44. The Labute approximate surface area is 120 Å². The van der Waals surface area contributed by atoms with Gasteiger partial charge in [0.1, 0.15) is 0 Å². The Morgan fingerprint density at radius 2 is 1.68 bits per heavy atom. The highest BCUT2D eigenvalue weighted by Crippen LogP contribution is 2.28. The Morgan fingerprint density at radius 3 is 2.11 bits per heavy atom.